The number of rotatable bonds is 2. The Morgan fingerprint density at radius 3 is 2.79 bits per heavy atom. The van der Waals surface area contributed by atoms with Crippen molar-refractivity contribution in [3.05, 3.63) is 30.5 Å². The number of halogens is 1. The van der Waals surface area contributed by atoms with Crippen LogP contribution in [-0.2, 0) is 7.05 Å². The summed E-state index contributed by atoms with van der Waals surface area (Å²) in [6.07, 6.45) is 2.16. The third kappa shape index (κ3) is 1.42. The van der Waals surface area contributed by atoms with Crippen LogP contribution in [0.4, 0.5) is 5.69 Å². The molecule has 74 valence electrons. The second kappa shape index (κ2) is 3.65. The Morgan fingerprint density at radius 1 is 1.36 bits per heavy atom. The molecule has 0 saturated heterocycles. The van der Waals surface area contributed by atoms with Crippen LogP contribution in [0.1, 0.15) is 0 Å². The zero-order valence-electron chi connectivity index (χ0n) is 8.37. The fourth-order valence-corrected chi connectivity index (χ4v) is 1.96. The molecule has 1 heterocycles. The van der Waals surface area contributed by atoms with Crippen LogP contribution in [0.5, 0.6) is 0 Å². The van der Waals surface area contributed by atoms with Crippen LogP contribution < -0.4 is 4.90 Å². The Hall–Kier alpha value is -0.960. The van der Waals surface area contributed by atoms with Gasteiger partial charge in [0.25, 0.3) is 0 Å². The minimum absolute atomic E-state index is 0.848. The summed E-state index contributed by atoms with van der Waals surface area (Å²) in [7, 11) is 4.16. The van der Waals surface area contributed by atoms with Crippen molar-refractivity contribution in [1.82, 2.24) is 4.57 Å². The molecular weight excluding hydrogens is 240 g/mol. The average Bonchev–Trinajstić information content (AvgIpc) is 2.56. The maximum atomic E-state index is 3.46. The molecule has 0 amide bonds. The molecule has 0 bridgehead atoms. The smallest absolute Gasteiger partial charge is 0.0733 e. The van der Waals surface area contributed by atoms with Gasteiger partial charge < -0.3 is 9.47 Å². The van der Waals surface area contributed by atoms with Crippen molar-refractivity contribution in [1.29, 1.82) is 0 Å². The molecule has 1 aromatic carbocycles. The van der Waals surface area contributed by atoms with E-state index in [9.17, 15) is 0 Å². The van der Waals surface area contributed by atoms with Gasteiger partial charge in [0.1, 0.15) is 0 Å². The molecule has 0 radical (unpaired) electrons. The Labute approximate surface area is 92.3 Å². The van der Waals surface area contributed by atoms with E-state index in [0.29, 0.717) is 0 Å². The van der Waals surface area contributed by atoms with E-state index in [2.05, 4.69) is 70.0 Å². The summed E-state index contributed by atoms with van der Waals surface area (Å²) in [5.74, 6) is 0. The van der Waals surface area contributed by atoms with Crippen molar-refractivity contribution in [2.24, 2.45) is 7.05 Å². The van der Waals surface area contributed by atoms with Gasteiger partial charge in [-0.2, -0.15) is 0 Å². The third-order valence-electron chi connectivity index (χ3n) is 2.47. The Bertz CT molecular complexity index is 447. The number of anilines is 1. The number of fused-ring (bicyclic) bond motifs is 1. The van der Waals surface area contributed by atoms with Gasteiger partial charge in [0.05, 0.1) is 11.1 Å². The van der Waals surface area contributed by atoms with Crippen molar-refractivity contribution in [2.75, 3.05) is 17.4 Å². The first-order valence-electron chi connectivity index (χ1n) is 4.55. The van der Waals surface area contributed by atoms with Crippen LogP contribution in [-0.4, -0.2) is 17.1 Å². The SMILES string of the molecule is CN(CBr)c1cn(C)c2ccccc12. The summed E-state index contributed by atoms with van der Waals surface area (Å²) >= 11 is 3.46. The molecular formula is C11H13BrN2. The van der Waals surface area contributed by atoms with Crippen molar-refractivity contribution < 1.29 is 0 Å². The fourth-order valence-electron chi connectivity index (χ4n) is 1.69. The standard InChI is InChI=1S/C11H13BrN2/c1-13-7-11(14(2)8-12)9-5-3-4-6-10(9)13/h3-7H,8H2,1-2H3. The first-order chi connectivity index (χ1) is 6.74. The van der Waals surface area contributed by atoms with Crippen LogP contribution >= 0.6 is 15.9 Å². The van der Waals surface area contributed by atoms with Crippen LogP contribution in [0.3, 0.4) is 0 Å². The highest BCUT2D eigenvalue weighted by Gasteiger charge is 2.08. The van der Waals surface area contributed by atoms with E-state index in [1.165, 1.54) is 16.6 Å². The number of hydrogen-bond acceptors (Lipinski definition) is 1. The molecule has 0 unspecified atom stereocenters. The molecule has 0 fully saturated rings. The molecule has 0 N–H and O–H groups in total. The van der Waals surface area contributed by atoms with Gasteiger partial charge in [-0.1, -0.05) is 34.1 Å². The summed E-state index contributed by atoms with van der Waals surface area (Å²) in [4.78, 5) is 2.18. The van der Waals surface area contributed by atoms with Crippen molar-refractivity contribution in [3.63, 3.8) is 0 Å². The molecule has 3 heteroatoms. The lowest BCUT2D eigenvalue weighted by atomic mass is 10.2. The van der Waals surface area contributed by atoms with Gasteiger partial charge in [-0.05, 0) is 6.07 Å². The molecule has 0 aliphatic heterocycles. The zero-order valence-corrected chi connectivity index (χ0v) is 9.95. The van der Waals surface area contributed by atoms with Crippen LogP contribution in [0, 0.1) is 0 Å². The van der Waals surface area contributed by atoms with Crippen LogP contribution in [0.15, 0.2) is 30.5 Å². The van der Waals surface area contributed by atoms with Gasteiger partial charge >= 0.3 is 0 Å². The number of benzene rings is 1. The quantitative estimate of drug-likeness (QED) is 0.590. The zero-order chi connectivity index (χ0) is 10.1. The minimum atomic E-state index is 0.848. The van der Waals surface area contributed by atoms with Gasteiger partial charge in [0, 0.05) is 31.2 Å². The van der Waals surface area contributed by atoms with E-state index >= 15 is 0 Å². The predicted octanol–water partition coefficient (Wildman–Crippen LogP) is 2.97. The predicted molar refractivity (Wildman–Crippen MR) is 65.1 cm³/mol. The topological polar surface area (TPSA) is 8.17 Å². The maximum Gasteiger partial charge on any atom is 0.0733 e. The number of aryl methyl sites for hydroxylation is 1. The highest BCUT2D eigenvalue weighted by Crippen LogP contribution is 2.27. The number of hydrogen-bond donors (Lipinski definition) is 0. The van der Waals surface area contributed by atoms with E-state index in [1.807, 2.05) is 0 Å². The molecule has 2 rings (SSSR count). The van der Waals surface area contributed by atoms with E-state index in [4.69, 9.17) is 0 Å². The number of para-hydroxylation sites is 1. The molecule has 0 aliphatic rings. The molecule has 2 nitrogen and oxygen atoms in total. The minimum Gasteiger partial charge on any atom is -0.363 e. The summed E-state index contributed by atoms with van der Waals surface area (Å²) in [5.41, 5.74) is 3.39. The first kappa shape index (κ1) is 9.59. The molecule has 0 spiro atoms. The highest BCUT2D eigenvalue weighted by atomic mass is 79.9. The van der Waals surface area contributed by atoms with Crippen molar-refractivity contribution in [3.8, 4) is 0 Å². The summed E-state index contributed by atoms with van der Waals surface area (Å²) in [6.45, 7) is 0. The van der Waals surface area contributed by atoms with Crippen LogP contribution in [0.2, 0.25) is 0 Å². The molecule has 14 heavy (non-hydrogen) atoms. The Balaban J connectivity index is 2.66. The van der Waals surface area contributed by atoms with E-state index in [-0.39, 0.29) is 0 Å². The van der Waals surface area contributed by atoms with Crippen LogP contribution in [0.25, 0.3) is 10.9 Å². The van der Waals surface area contributed by atoms with Gasteiger partial charge in [-0.15, -0.1) is 0 Å². The number of nitrogens with zero attached hydrogens (tertiary/aromatic N) is 2. The number of alkyl halides is 1. The Morgan fingerprint density at radius 2 is 2.07 bits per heavy atom. The normalized spacial score (nSPS) is 10.8. The van der Waals surface area contributed by atoms with E-state index < -0.39 is 0 Å². The lowest BCUT2D eigenvalue weighted by molar-refractivity contribution is 0.961. The monoisotopic (exact) mass is 252 g/mol. The number of aromatic nitrogens is 1. The lowest BCUT2D eigenvalue weighted by Crippen LogP contribution is -2.13. The van der Waals surface area contributed by atoms with Crippen molar-refractivity contribution >= 4 is 32.5 Å². The maximum absolute atomic E-state index is 3.46. The molecule has 0 aliphatic carbocycles. The second-order valence-electron chi connectivity index (χ2n) is 3.46. The van der Waals surface area contributed by atoms with Crippen molar-refractivity contribution in [2.45, 2.75) is 0 Å². The summed E-state index contributed by atoms with van der Waals surface area (Å²) in [5, 5.41) is 1.30. The molecule has 0 atom stereocenters. The molecule has 0 saturated carbocycles. The second-order valence-corrected chi connectivity index (χ2v) is 3.96. The van der Waals surface area contributed by atoms with E-state index in [0.717, 1.165) is 5.45 Å². The third-order valence-corrected chi connectivity index (χ3v) is 3.22. The summed E-state index contributed by atoms with van der Waals surface area (Å²) in [6, 6.07) is 8.44. The highest BCUT2D eigenvalue weighted by molar-refractivity contribution is 9.09. The average molecular weight is 253 g/mol. The van der Waals surface area contributed by atoms with Gasteiger partial charge in [0.15, 0.2) is 0 Å². The van der Waals surface area contributed by atoms with E-state index in [1.54, 1.807) is 0 Å². The molecule has 1 aromatic heterocycles. The Kier molecular flexibility index (Phi) is 2.50. The molecule has 2 aromatic rings. The first-order valence-corrected chi connectivity index (χ1v) is 5.67. The lowest BCUT2D eigenvalue weighted by Gasteiger charge is -2.13. The largest absolute Gasteiger partial charge is 0.363 e. The van der Waals surface area contributed by atoms with Gasteiger partial charge in [-0.25, -0.2) is 0 Å². The van der Waals surface area contributed by atoms with Gasteiger partial charge in [0.2, 0.25) is 0 Å². The fraction of sp³-hybridized carbons (Fsp3) is 0.273. The summed E-state index contributed by atoms with van der Waals surface area (Å²) < 4.78 is 2.16. The van der Waals surface area contributed by atoms with Gasteiger partial charge in [-0.3, -0.25) is 0 Å².